The van der Waals surface area contributed by atoms with E-state index >= 15 is 0 Å². The standard InChI is InChI=1S/C11H11ClN2O2/c1-13-8-5-9(14-10(12)6-8)11(15-2)3-4-16-7-11/h5-6H,3-4,7H2,2H3. The van der Waals surface area contributed by atoms with E-state index in [2.05, 4.69) is 9.83 Å². The Labute approximate surface area is 99.0 Å². The molecule has 2 rings (SSSR count). The van der Waals surface area contributed by atoms with Crippen molar-refractivity contribution in [2.24, 2.45) is 0 Å². The van der Waals surface area contributed by atoms with E-state index in [0.717, 1.165) is 6.42 Å². The monoisotopic (exact) mass is 238 g/mol. The zero-order valence-electron chi connectivity index (χ0n) is 8.86. The number of hydrogen-bond acceptors (Lipinski definition) is 3. The van der Waals surface area contributed by atoms with Gasteiger partial charge in [-0.1, -0.05) is 11.6 Å². The summed E-state index contributed by atoms with van der Waals surface area (Å²) in [6.45, 7) is 8.08. The first-order valence-corrected chi connectivity index (χ1v) is 5.26. The first-order valence-electron chi connectivity index (χ1n) is 4.88. The Balaban J connectivity index is 2.46. The van der Waals surface area contributed by atoms with Gasteiger partial charge in [0.25, 0.3) is 0 Å². The van der Waals surface area contributed by atoms with Gasteiger partial charge in [0, 0.05) is 20.1 Å². The normalized spacial score (nSPS) is 24.3. The summed E-state index contributed by atoms with van der Waals surface area (Å²) < 4.78 is 10.8. The van der Waals surface area contributed by atoms with Crippen molar-refractivity contribution in [3.8, 4) is 0 Å². The molecule has 5 heteroatoms. The Morgan fingerprint density at radius 3 is 3.00 bits per heavy atom. The zero-order chi connectivity index (χ0) is 11.6. The lowest BCUT2D eigenvalue weighted by Gasteiger charge is -2.25. The average Bonchev–Trinajstić information content (AvgIpc) is 2.78. The molecule has 4 nitrogen and oxygen atoms in total. The molecule has 1 atom stereocenters. The molecule has 0 aromatic carbocycles. The zero-order valence-corrected chi connectivity index (χ0v) is 9.62. The molecule has 16 heavy (non-hydrogen) atoms. The van der Waals surface area contributed by atoms with Gasteiger partial charge in [-0.15, -0.1) is 0 Å². The predicted molar refractivity (Wildman–Crippen MR) is 59.6 cm³/mol. The van der Waals surface area contributed by atoms with Crippen LogP contribution in [0.5, 0.6) is 0 Å². The topological polar surface area (TPSA) is 35.7 Å². The minimum Gasteiger partial charge on any atom is -0.378 e. The molecular formula is C11H11ClN2O2. The highest BCUT2D eigenvalue weighted by atomic mass is 35.5. The minimum absolute atomic E-state index is 0.312. The maximum Gasteiger partial charge on any atom is 0.192 e. The van der Waals surface area contributed by atoms with E-state index in [0.29, 0.717) is 29.7 Å². The second-order valence-corrected chi connectivity index (χ2v) is 4.03. The van der Waals surface area contributed by atoms with Crippen LogP contribution in [0.3, 0.4) is 0 Å². The molecule has 1 unspecified atom stereocenters. The number of aromatic nitrogens is 1. The van der Waals surface area contributed by atoms with Gasteiger partial charge in [0.2, 0.25) is 0 Å². The van der Waals surface area contributed by atoms with Crippen LogP contribution in [-0.4, -0.2) is 25.3 Å². The Bertz CT molecular complexity index is 436. The van der Waals surface area contributed by atoms with Gasteiger partial charge >= 0.3 is 0 Å². The third kappa shape index (κ3) is 1.90. The summed E-state index contributed by atoms with van der Waals surface area (Å²) in [6.07, 6.45) is 0.730. The van der Waals surface area contributed by atoms with Crippen molar-refractivity contribution in [1.82, 2.24) is 4.98 Å². The average molecular weight is 239 g/mol. The van der Waals surface area contributed by atoms with Crippen molar-refractivity contribution >= 4 is 17.3 Å². The molecule has 0 radical (unpaired) electrons. The molecule has 84 valence electrons. The number of nitrogens with zero attached hydrogens (tertiary/aromatic N) is 2. The van der Waals surface area contributed by atoms with Gasteiger partial charge in [0.1, 0.15) is 10.8 Å². The Hall–Kier alpha value is -1.15. The quantitative estimate of drug-likeness (QED) is 0.587. The molecule has 1 aromatic heterocycles. The van der Waals surface area contributed by atoms with Crippen molar-refractivity contribution < 1.29 is 9.47 Å². The first-order chi connectivity index (χ1) is 7.70. The van der Waals surface area contributed by atoms with E-state index in [-0.39, 0.29) is 0 Å². The van der Waals surface area contributed by atoms with Crippen LogP contribution >= 0.6 is 11.6 Å². The largest absolute Gasteiger partial charge is 0.378 e. The van der Waals surface area contributed by atoms with E-state index in [4.69, 9.17) is 27.6 Å². The molecule has 2 heterocycles. The van der Waals surface area contributed by atoms with Gasteiger partial charge in [-0.05, 0) is 12.1 Å². The van der Waals surface area contributed by atoms with E-state index in [1.807, 2.05) is 0 Å². The van der Waals surface area contributed by atoms with Crippen LogP contribution in [0, 0.1) is 6.57 Å². The van der Waals surface area contributed by atoms with Gasteiger partial charge in [-0.2, -0.15) is 0 Å². The molecule has 1 fully saturated rings. The molecule has 1 aromatic rings. The second kappa shape index (κ2) is 4.38. The summed E-state index contributed by atoms with van der Waals surface area (Å²) >= 11 is 5.88. The minimum atomic E-state index is -0.551. The molecule has 0 N–H and O–H groups in total. The fourth-order valence-corrected chi connectivity index (χ4v) is 2.00. The molecule has 1 aliphatic rings. The number of pyridine rings is 1. The summed E-state index contributed by atoms with van der Waals surface area (Å²) in [6, 6.07) is 3.24. The molecule has 0 aliphatic carbocycles. The summed E-state index contributed by atoms with van der Waals surface area (Å²) in [5, 5.41) is 0.312. The van der Waals surface area contributed by atoms with Crippen LogP contribution in [0.15, 0.2) is 12.1 Å². The smallest absolute Gasteiger partial charge is 0.192 e. The summed E-state index contributed by atoms with van der Waals surface area (Å²) in [5.74, 6) is 0. The predicted octanol–water partition coefficient (Wildman–Crippen LogP) is 2.55. The van der Waals surface area contributed by atoms with Crippen LogP contribution in [0.2, 0.25) is 5.15 Å². The summed E-state index contributed by atoms with van der Waals surface area (Å²) in [7, 11) is 1.62. The highest BCUT2D eigenvalue weighted by Gasteiger charge is 2.38. The number of ether oxygens (including phenoxy) is 2. The highest BCUT2D eigenvalue weighted by molar-refractivity contribution is 6.29. The van der Waals surface area contributed by atoms with E-state index in [1.54, 1.807) is 13.2 Å². The maximum absolute atomic E-state index is 6.99. The molecule has 1 saturated heterocycles. The Morgan fingerprint density at radius 2 is 2.44 bits per heavy atom. The first kappa shape index (κ1) is 11.3. The van der Waals surface area contributed by atoms with Crippen LogP contribution in [-0.2, 0) is 15.1 Å². The van der Waals surface area contributed by atoms with Gasteiger partial charge in [0.15, 0.2) is 5.69 Å². The van der Waals surface area contributed by atoms with E-state index in [9.17, 15) is 0 Å². The number of rotatable bonds is 2. The third-order valence-corrected chi connectivity index (χ3v) is 2.94. The highest BCUT2D eigenvalue weighted by Crippen LogP contribution is 2.35. The van der Waals surface area contributed by atoms with Gasteiger partial charge in [-0.25, -0.2) is 9.83 Å². The van der Waals surface area contributed by atoms with E-state index < -0.39 is 5.60 Å². The molecular weight excluding hydrogens is 228 g/mol. The van der Waals surface area contributed by atoms with Crippen LogP contribution in [0.4, 0.5) is 5.69 Å². The summed E-state index contributed by atoms with van der Waals surface area (Å²) in [5.41, 5.74) is 0.592. The third-order valence-electron chi connectivity index (χ3n) is 2.75. The molecule has 0 amide bonds. The maximum atomic E-state index is 6.99. The van der Waals surface area contributed by atoms with Crippen LogP contribution in [0.1, 0.15) is 12.1 Å². The molecule has 1 aliphatic heterocycles. The lowest BCUT2D eigenvalue weighted by atomic mass is 9.97. The molecule has 0 saturated carbocycles. The van der Waals surface area contributed by atoms with Crippen LogP contribution < -0.4 is 0 Å². The second-order valence-electron chi connectivity index (χ2n) is 3.65. The fraction of sp³-hybridized carbons (Fsp3) is 0.455. The number of halogens is 1. The Kier molecular flexibility index (Phi) is 3.10. The fourth-order valence-electron chi connectivity index (χ4n) is 1.80. The van der Waals surface area contributed by atoms with Crippen LogP contribution in [0.25, 0.3) is 4.85 Å². The lowest BCUT2D eigenvalue weighted by Crippen LogP contribution is -2.29. The van der Waals surface area contributed by atoms with E-state index in [1.165, 1.54) is 6.07 Å². The van der Waals surface area contributed by atoms with Crippen molar-refractivity contribution in [2.45, 2.75) is 12.0 Å². The molecule has 0 spiro atoms. The lowest BCUT2D eigenvalue weighted by molar-refractivity contribution is -0.0245. The number of methoxy groups -OCH3 is 1. The van der Waals surface area contributed by atoms with Gasteiger partial charge < -0.3 is 9.47 Å². The Morgan fingerprint density at radius 1 is 1.62 bits per heavy atom. The summed E-state index contributed by atoms with van der Waals surface area (Å²) in [4.78, 5) is 7.58. The molecule has 0 bridgehead atoms. The van der Waals surface area contributed by atoms with Crippen molar-refractivity contribution in [3.05, 3.63) is 34.4 Å². The van der Waals surface area contributed by atoms with Crippen molar-refractivity contribution in [2.75, 3.05) is 20.3 Å². The van der Waals surface area contributed by atoms with Crippen molar-refractivity contribution in [1.29, 1.82) is 0 Å². The van der Waals surface area contributed by atoms with Gasteiger partial charge in [0.05, 0.1) is 18.9 Å². The SMILES string of the molecule is [C-]#[N+]c1cc(Cl)nc(C2(OC)CCOC2)c1. The van der Waals surface area contributed by atoms with Gasteiger partial charge in [-0.3, -0.25) is 0 Å². The van der Waals surface area contributed by atoms with Crippen molar-refractivity contribution in [3.63, 3.8) is 0 Å². The number of hydrogen-bond donors (Lipinski definition) is 0.